The van der Waals surface area contributed by atoms with Crippen LogP contribution in [0.4, 0.5) is 0 Å². The molecule has 0 aliphatic heterocycles. The molecule has 0 bridgehead atoms. The molecule has 0 spiro atoms. The number of hydrogen-bond acceptors (Lipinski definition) is 2. The lowest BCUT2D eigenvalue weighted by atomic mass is 10.2. The van der Waals surface area contributed by atoms with Crippen molar-refractivity contribution in [3.8, 4) is 5.69 Å². The molecule has 1 aromatic heterocycles. The van der Waals surface area contributed by atoms with E-state index >= 15 is 0 Å². The van der Waals surface area contributed by atoms with Gasteiger partial charge in [0.15, 0.2) is 0 Å². The lowest BCUT2D eigenvalue weighted by molar-refractivity contribution is 0.533. The molecular weight excluding hydrogens is 258 g/mol. The molecule has 4 heteroatoms. The SMILES string of the molecule is CCC(C)NCc1cnn(-c2cccc(Cl)c2)c1C. The number of rotatable bonds is 5. The summed E-state index contributed by atoms with van der Waals surface area (Å²) < 4.78 is 1.93. The first kappa shape index (κ1) is 14.1. The van der Waals surface area contributed by atoms with Gasteiger partial charge in [0.1, 0.15) is 0 Å². The Balaban J connectivity index is 2.18. The van der Waals surface area contributed by atoms with Crippen molar-refractivity contribution >= 4 is 11.6 Å². The zero-order chi connectivity index (χ0) is 13.8. The molecule has 19 heavy (non-hydrogen) atoms. The zero-order valence-electron chi connectivity index (χ0n) is 11.7. The number of nitrogens with zero attached hydrogens (tertiary/aromatic N) is 2. The quantitative estimate of drug-likeness (QED) is 0.903. The van der Waals surface area contributed by atoms with Crippen molar-refractivity contribution in [2.24, 2.45) is 0 Å². The average molecular weight is 278 g/mol. The summed E-state index contributed by atoms with van der Waals surface area (Å²) in [4.78, 5) is 0. The van der Waals surface area contributed by atoms with Crippen LogP contribution in [0.25, 0.3) is 5.69 Å². The summed E-state index contributed by atoms with van der Waals surface area (Å²) in [6.07, 6.45) is 3.05. The van der Waals surface area contributed by atoms with Crippen LogP contribution >= 0.6 is 11.6 Å². The highest BCUT2D eigenvalue weighted by atomic mass is 35.5. The van der Waals surface area contributed by atoms with E-state index in [0.29, 0.717) is 6.04 Å². The van der Waals surface area contributed by atoms with Gasteiger partial charge in [-0.3, -0.25) is 0 Å². The van der Waals surface area contributed by atoms with Gasteiger partial charge in [0.05, 0.1) is 11.9 Å². The fourth-order valence-corrected chi connectivity index (χ4v) is 2.10. The molecule has 2 aromatic rings. The van der Waals surface area contributed by atoms with Crippen LogP contribution < -0.4 is 5.32 Å². The van der Waals surface area contributed by atoms with Crippen LogP contribution in [0.3, 0.4) is 0 Å². The van der Waals surface area contributed by atoms with Gasteiger partial charge in [-0.2, -0.15) is 5.10 Å². The van der Waals surface area contributed by atoms with Crippen molar-refractivity contribution in [2.45, 2.75) is 39.8 Å². The van der Waals surface area contributed by atoms with Crippen LogP contribution in [0.15, 0.2) is 30.5 Å². The molecule has 1 atom stereocenters. The number of benzene rings is 1. The summed E-state index contributed by atoms with van der Waals surface area (Å²) >= 11 is 6.02. The van der Waals surface area contributed by atoms with Gasteiger partial charge in [0, 0.05) is 28.9 Å². The highest BCUT2D eigenvalue weighted by molar-refractivity contribution is 6.30. The average Bonchev–Trinajstić information content (AvgIpc) is 2.77. The summed E-state index contributed by atoms with van der Waals surface area (Å²) in [6.45, 7) is 7.31. The van der Waals surface area contributed by atoms with Crippen LogP contribution in [0, 0.1) is 6.92 Å². The number of aromatic nitrogens is 2. The molecule has 0 aliphatic carbocycles. The summed E-state index contributed by atoms with van der Waals surface area (Å²) in [7, 11) is 0. The Labute approximate surface area is 119 Å². The molecule has 3 nitrogen and oxygen atoms in total. The molecule has 2 rings (SSSR count). The van der Waals surface area contributed by atoms with E-state index in [-0.39, 0.29) is 0 Å². The lowest BCUT2D eigenvalue weighted by Gasteiger charge is -2.11. The molecule has 1 unspecified atom stereocenters. The van der Waals surface area contributed by atoms with Gasteiger partial charge >= 0.3 is 0 Å². The predicted octanol–water partition coefficient (Wildman–Crippen LogP) is 3.72. The molecule has 1 aromatic carbocycles. The standard InChI is InChI=1S/C15H20ClN3/c1-4-11(2)17-9-13-10-18-19(12(13)3)15-7-5-6-14(16)8-15/h5-8,10-11,17H,4,9H2,1-3H3. The smallest absolute Gasteiger partial charge is 0.0663 e. The van der Waals surface area contributed by atoms with Crippen molar-refractivity contribution in [1.29, 1.82) is 0 Å². The van der Waals surface area contributed by atoms with Crippen molar-refractivity contribution in [3.05, 3.63) is 46.7 Å². The Kier molecular flexibility index (Phi) is 4.61. The topological polar surface area (TPSA) is 29.9 Å². The summed E-state index contributed by atoms with van der Waals surface area (Å²) in [5.74, 6) is 0. The van der Waals surface area contributed by atoms with Crippen molar-refractivity contribution in [2.75, 3.05) is 0 Å². The number of hydrogen-bond donors (Lipinski definition) is 1. The molecule has 0 radical (unpaired) electrons. The normalized spacial score (nSPS) is 12.6. The molecule has 0 amide bonds. The maximum absolute atomic E-state index is 6.02. The van der Waals surface area contributed by atoms with Crippen LogP contribution in [0.2, 0.25) is 5.02 Å². The van der Waals surface area contributed by atoms with E-state index < -0.39 is 0 Å². The molecule has 1 N–H and O–H groups in total. The molecule has 0 fully saturated rings. The summed E-state index contributed by atoms with van der Waals surface area (Å²) in [6, 6.07) is 8.27. The monoisotopic (exact) mass is 277 g/mol. The molecule has 102 valence electrons. The lowest BCUT2D eigenvalue weighted by Crippen LogP contribution is -2.24. The third-order valence-corrected chi connectivity index (χ3v) is 3.65. The maximum Gasteiger partial charge on any atom is 0.0663 e. The van der Waals surface area contributed by atoms with Crippen molar-refractivity contribution < 1.29 is 0 Å². The van der Waals surface area contributed by atoms with Crippen LogP contribution in [0.5, 0.6) is 0 Å². The van der Waals surface area contributed by atoms with Crippen LogP contribution in [-0.4, -0.2) is 15.8 Å². The van der Waals surface area contributed by atoms with E-state index in [9.17, 15) is 0 Å². The Morgan fingerprint density at radius 2 is 2.21 bits per heavy atom. The zero-order valence-corrected chi connectivity index (χ0v) is 12.4. The second kappa shape index (κ2) is 6.22. The van der Waals surface area contributed by atoms with Crippen molar-refractivity contribution in [3.63, 3.8) is 0 Å². The van der Waals surface area contributed by atoms with E-state index in [0.717, 1.165) is 29.4 Å². The Hall–Kier alpha value is -1.32. The minimum Gasteiger partial charge on any atom is -0.310 e. The third-order valence-electron chi connectivity index (χ3n) is 3.42. The minimum absolute atomic E-state index is 0.522. The first-order chi connectivity index (χ1) is 9.11. The van der Waals surface area contributed by atoms with Gasteiger partial charge in [0.2, 0.25) is 0 Å². The van der Waals surface area contributed by atoms with E-state index in [1.54, 1.807) is 0 Å². The minimum atomic E-state index is 0.522. The predicted molar refractivity (Wildman–Crippen MR) is 79.9 cm³/mol. The highest BCUT2D eigenvalue weighted by Gasteiger charge is 2.09. The van der Waals surface area contributed by atoms with Crippen LogP contribution in [-0.2, 0) is 6.54 Å². The second-order valence-electron chi connectivity index (χ2n) is 4.84. The first-order valence-electron chi connectivity index (χ1n) is 6.64. The first-order valence-corrected chi connectivity index (χ1v) is 7.02. The third kappa shape index (κ3) is 3.37. The van der Waals surface area contributed by atoms with E-state index in [1.807, 2.05) is 35.1 Å². The number of nitrogens with one attached hydrogen (secondary N) is 1. The van der Waals surface area contributed by atoms with Gasteiger partial charge < -0.3 is 5.32 Å². The maximum atomic E-state index is 6.02. The van der Waals surface area contributed by atoms with E-state index in [4.69, 9.17) is 11.6 Å². The molecule has 0 saturated carbocycles. The second-order valence-corrected chi connectivity index (χ2v) is 5.27. The largest absolute Gasteiger partial charge is 0.310 e. The molecular formula is C15H20ClN3. The van der Waals surface area contributed by atoms with Crippen LogP contribution in [0.1, 0.15) is 31.5 Å². The Morgan fingerprint density at radius 1 is 1.42 bits per heavy atom. The van der Waals surface area contributed by atoms with E-state index in [2.05, 4.69) is 31.2 Å². The summed E-state index contributed by atoms with van der Waals surface area (Å²) in [5.41, 5.74) is 3.37. The Morgan fingerprint density at radius 3 is 2.89 bits per heavy atom. The van der Waals surface area contributed by atoms with Crippen molar-refractivity contribution in [1.82, 2.24) is 15.1 Å². The highest BCUT2D eigenvalue weighted by Crippen LogP contribution is 2.17. The van der Waals surface area contributed by atoms with Gasteiger partial charge in [-0.05, 0) is 38.5 Å². The van der Waals surface area contributed by atoms with E-state index in [1.165, 1.54) is 5.56 Å². The Bertz CT molecular complexity index is 548. The fraction of sp³-hybridized carbons (Fsp3) is 0.400. The van der Waals surface area contributed by atoms with Gasteiger partial charge in [-0.25, -0.2) is 4.68 Å². The molecule has 0 saturated heterocycles. The molecule has 0 aliphatic rings. The summed E-state index contributed by atoms with van der Waals surface area (Å²) in [5, 5.41) is 8.66. The fourth-order valence-electron chi connectivity index (χ4n) is 1.91. The molecule has 1 heterocycles. The van der Waals surface area contributed by atoms with Gasteiger partial charge in [-0.15, -0.1) is 0 Å². The number of halogens is 1. The van der Waals surface area contributed by atoms with Gasteiger partial charge in [-0.1, -0.05) is 24.6 Å². The van der Waals surface area contributed by atoms with Gasteiger partial charge in [0.25, 0.3) is 0 Å².